The highest BCUT2D eigenvalue weighted by atomic mass is 16.5. The van der Waals surface area contributed by atoms with E-state index in [1.165, 1.54) is 51.4 Å². The van der Waals surface area contributed by atoms with E-state index in [1.54, 1.807) is 0 Å². The zero-order valence-electron chi connectivity index (χ0n) is 12.0. The summed E-state index contributed by atoms with van der Waals surface area (Å²) in [7, 11) is 0. The summed E-state index contributed by atoms with van der Waals surface area (Å²) in [6.45, 7) is 4.97. The van der Waals surface area contributed by atoms with Crippen molar-refractivity contribution in [1.82, 2.24) is 4.90 Å². The van der Waals surface area contributed by atoms with Gasteiger partial charge in [-0.3, -0.25) is 4.79 Å². The zero-order valence-corrected chi connectivity index (χ0v) is 12.0. The summed E-state index contributed by atoms with van der Waals surface area (Å²) in [6, 6.07) is 0. The maximum atomic E-state index is 11.5. The van der Waals surface area contributed by atoms with Crippen LogP contribution in [0.2, 0.25) is 0 Å². The highest BCUT2D eigenvalue weighted by molar-refractivity contribution is 5.77. The molecule has 3 nitrogen and oxygen atoms in total. The molecule has 1 saturated heterocycles. The van der Waals surface area contributed by atoms with Crippen molar-refractivity contribution in [2.75, 3.05) is 26.3 Å². The molecule has 106 valence electrons. The SMILES string of the molecule is CCCCCCCCCCCN1CCOCC1=O. The largest absolute Gasteiger partial charge is 0.370 e. The van der Waals surface area contributed by atoms with Gasteiger partial charge in [0.2, 0.25) is 5.91 Å². The van der Waals surface area contributed by atoms with Crippen LogP contribution in [0.3, 0.4) is 0 Å². The number of nitrogens with zero attached hydrogens (tertiary/aromatic N) is 1. The third-order valence-corrected chi connectivity index (χ3v) is 3.62. The summed E-state index contributed by atoms with van der Waals surface area (Å²) in [5, 5.41) is 0. The molecule has 0 unspecified atom stereocenters. The molecule has 1 aliphatic rings. The average molecular weight is 255 g/mol. The van der Waals surface area contributed by atoms with Gasteiger partial charge in [-0.1, -0.05) is 58.3 Å². The van der Waals surface area contributed by atoms with Gasteiger partial charge in [0, 0.05) is 13.1 Å². The Kier molecular flexibility index (Phi) is 8.92. The predicted octanol–water partition coefficient (Wildman–Crippen LogP) is 3.38. The van der Waals surface area contributed by atoms with Crippen molar-refractivity contribution in [2.45, 2.75) is 64.7 Å². The average Bonchev–Trinajstić information content (AvgIpc) is 2.39. The molecule has 0 atom stereocenters. The molecule has 0 aliphatic carbocycles. The minimum Gasteiger partial charge on any atom is -0.370 e. The molecule has 3 heteroatoms. The molecule has 0 saturated carbocycles. The first-order chi connectivity index (χ1) is 8.84. The quantitative estimate of drug-likeness (QED) is 0.560. The van der Waals surface area contributed by atoms with Crippen LogP contribution >= 0.6 is 0 Å². The summed E-state index contributed by atoms with van der Waals surface area (Å²) in [5.41, 5.74) is 0. The molecule has 1 aliphatic heterocycles. The first kappa shape index (κ1) is 15.5. The second-order valence-electron chi connectivity index (χ2n) is 5.26. The second kappa shape index (κ2) is 10.4. The number of morpholine rings is 1. The van der Waals surface area contributed by atoms with Crippen molar-refractivity contribution in [3.63, 3.8) is 0 Å². The van der Waals surface area contributed by atoms with Gasteiger partial charge in [0.15, 0.2) is 0 Å². The van der Waals surface area contributed by atoms with Crippen molar-refractivity contribution in [1.29, 1.82) is 0 Å². The standard InChI is InChI=1S/C15H29NO2/c1-2-3-4-5-6-7-8-9-10-11-16-12-13-18-14-15(16)17/h2-14H2,1H3. The van der Waals surface area contributed by atoms with Crippen LogP contribution in [-0.2, 0) is 9.53 Å². The normalized spacial score (nSPS) is 16.3. The maximum absolute atomic E-state index is 11.5. The fraction of sp³-hybridized carbons (Fsp3) is 0.933. The van der Waals surface area contributed by atoms with Crippen molar-refractivity contribution >= 4 is 5.91 Å². The van der Waals surface area contributed by atoms with Crippen LogP contribution in [0.25, 0.3) is 0 Å². The zero-order chi connectivity index (χ0) is 13.1. The van der Waals surface area contributed by atoms with Gasteiger partial charge in [-0.25, -0.2) is 0 Å². The summed E-state index contributed by atoms with van der Waals surface area (Å²) < 4.78 is 5.11. The van der Waals surface area contributed by atoms with Gasteiger partial charge < -0.3 is 9.64 Å². The Bertz CT molecular complexity index is 219. The molecule has 1 amide bonds. The molecule has 0 bridgehead atoms. The number of rotatable bonds is 10. The molecule has 1 rings (SSSR count). The van der Waals surface area contributed by atoms with Gasteiger partial charge in [0.25, 0.3) is 0 Å². The van der Waals surface area contributed by atoms with Gasteiger partial charge in [0.1, 0.15) is 6.61 Å². The lowest BCUT2D eigenvalue weighted by atomic mass is 10.1. The van der Waals surface area contributed by atoms with Gasteiger partial charge in [-0.15, -0.1) is 0 Å². The van der Waals surface area contributed by atoms with Gasteiger partial charge in [0.05, 0.1) is 6.61 Å². The van der Waals surface area contributed by atoms with Crippen LogP contribution in [0, 0.1) is 0 Å². The van der Waals surface area contributed by atoms with Crippen LogP contribution < -0.4 is 0 Å². The predicted molar refractivity (Wildman–Crippen MR) is 74.6 cm³/mol. The molecular weight excluding hydrogens is 226 g/mol. The lowest BCUT2D eigenvalue weighted by molar-refractivity contribution is -0.142. The third kappa shape index (κ3) is 7.00. The van der Waals surface area contributed by atoms with Crippen molar-refractivity contribution < 1.29 is 9.53 Å². The van der Waals surface area contributed by atoms with Crippen molar-refractivity contribution in [3.05, 3.63) is 0 Å². The first-order valence-corrected chi connectivity index (χ1v) is 7.70. The van der Waals surface area contributed by atoms with E-state index in [-0.39, 0.29) is 12.5 Å². The van der Waals surface area contributed by atoms with E-state index < -0.39 is 0 Å². The molecule has 1 heterocycles. The summed E-state index contributed by atoms with van der Waals surface area (Å²) in [4.78, 5) is 13.4. The number of carbonyl (C=O) groups is 1. The highest BCUT2D eigenvalue weighted by Gasteiger charge is 2.17. The Labute approximate surface area is 112 Å². The van der Waals surface area contributed by atoms with E-state index in [9.17, 15) is 4.79 Å². The first-order valence-electron chi connectivity index (χ1n) is 7.70. The fourth-order valence-corrected chi connectivity index (χ4v) is 2.40. The molecule has 0 aromatic carbocycles. The Hall–Kier alpha value is -0.570. The number of hydrogen-bond acceptors (Lipinski definition) is 2. The minimum absolute atomic E-state index is 0.167. The van der Waals surface area contributed by atoms with Crippen LogP contribution in [0.15, 0.2) is 0 Å². The van der Waals surface area contributed by atoms with Gasteiger partial charge in [-0.2, -0.15) is 0 Å². The number of hydrogen-bond donors (Lipinski definition) is 0. The fourth-order valence-electron chi connectivity index (χ4n) is 2.40. The van der Waals surface area contributed by atoms with Crippen LogP contribution in [0.4, 0.5) is 0 Å². The Morgan fingerprint density at radius 3 is 2.22 bits per heavy atom. The maximum Gasteiger partial charge on any atom is 0.248 e. The van der Waals surface area contributed by atoms with E-state index in [0.29, 0.717) is 6.61 Å². The van der Waals surface area contributed by atoms with E-state index >= 15 is 0 Å². The molecule has 0 N–H and O–H groups in total. The van der Waals surface area contributed by atoms with E-state index in [2.05, 4.69) is 6.92 Å². The van der Waals surface area contributed by atoms with E-state index in [0.717, 1.165) is 19.5 Å². The van der Waals surface area contributed by atoms with E-state index in [1.807, 2.05) is 4.90 Å². The smallest absolute Gasteiger partial charge is 0.248 e. The number of carbonyl (C=O) groups excluding carboxylic acids is 1. The summed E-state index contributed by atoms with van der Waals surface area (Å²) in [5.74, 6) is 0.167. The van der Waals surface area contributed by atoms with Crippen molar-refractivity contribution in [3.8, 4) is 0 Å². The van der Waals surface area contributed by atoms with Gasteiger partial charge in [-0.05, 0) is 6.42 Å². The molecule has 0 radical (unpaired) electrons. The summed E-state index contributed by atoms with van der Waals surface area (Å²) in [6.07, 6.45) is 12.0. The lowest BCUT2D eigenvalue weighted by Crippen LogP contribution is -2.41. The topological polar surface area (TPSA) is 29.5 Å². The second-order valence-corrected chi connectivity index (χ2v) is 5.26. The Morgan fingerprint density at radius 1 is 1.00 bits per heavy atom. The molecule has 0 spiro atoms. The number of amides is 1. The van der Waals surface area contributed by atoms with Gasteiger partial charge >= 0.3 is 0 Å². The number of ether oxygens (including phenoxy) is 1. The molecule has 1 fully saturated rings. The van der Waals surface area contributed by atoms with Crippen LogP contribution in [0.1, 0.15) is 64.7 Å². The minimum atomic E-state index is 0.167. The summed E-state index contributed by atoms with van der Waals surface area (Å²) >= 11 is 0. The molecule has 0 aromatic rings. The van der Waals surface area contributed by atoms with Crippen molar-refractivity contribution in [2.24, 2.45) is 0 Å². The van der Waals surface area contributed by atoms with Crippen LogP contribution in [-0.4, -0.2) is 37.1 Å². The lowest BCUT2D eigenvalue weighted by Gasteiger charge is -2.26. The monoisotopic (exact) mass is 255 g/mol. The third-order valence-electron chi connectivity index (χ3n) is 3.62. The molecule has 0 aromatic heterocycles. The molecule has 18 heavy (non-hydrogen) atoms. The molecular formula is C15H29NO2. The van der Waals surface area contributed by atoms with Crippen LogP contribution in [0.5, 0.6) is 0 Å². The number of unbranched alkanes of at least 4 members (excludes halogenated alkanes) is 8. The highest BCUT2D eigenvalue weighted by Crippen LogP contribution is 2.10. The Morgan fingerprint density at radius 2 is 1.61 bits per heavy atom. The van der Waals surface area contributed by atoms with E-state index in [4.69, 9.17) is 4.74 Å². The Balaban J connectivity index is 1.84.